The lowest BCUT2D eigenvalue weighted by Crippen LogP contribution is -2.32. The monoisotopic (exact) mass is 250 g/mol. The van der Waals surface area contributed by atoms with Crippen LogP contribution >= 0.6 is 0 Å². The topological polar surface area (TPSA) is 64.3 Å². The number of aromatic nitrogens is 2. The van der Waals surface area contributed by atoms with Gasteiger partial charge < -0.3 is 15.4 Å². The molecule has 1 fully saturated rings. The molecule has 100 valence electrons. The van der Waals surface area contributed by atoms with Crippen LogP contribution in [0.4, 0.5) is 5.95 Å². The van der Waals surface area contributed by atoms with Crippen molar-refractivity contribution in [3.63, 3.8) is 0 Å². The molecule has 1 unspecified atom stereocenters. The van der Waals surface area contributed by atoms with Gasteiger partial charge in [-0.15, -0.1) is 0 Å². The van der Waals surface area contributed by atoms with Crippen LogP contribution in [0.15, 0.2) is 6.07 Å². The fraction of sp³-hybridized carbons (Fsp3) is 0.692. The molecule has 0 amide bonds. The average Bonchev–Trinajstić information content (AvgIpc) is 2.73. The summed E-state index contributed by atoms with van der Waals surface area (Å²) in [6.45, 7) is 9.34. The van der Waals surface area contributed by atoms with E-state index in [1.165, 1.54) is 0 Å². The molecule has 5 nitrogen and oxygen atoms in total. The predicted molar refractivity (Wildman–Crippen MR) is 71.9 cm³/mol. The molecular weight excluding hydrogens is 228 g/mol. The summed E-state index contributed by atoms with van der Waals surface area (Å²) in [5.41, 5.74) is 6.94. The summed E-state index contributed by atoms with van der Waals surface area (Å²) >= 11 is 0. The normalized spacial score (nSPS) is 23.4. The highest BCUT2D eigenvalue weighted by atomic mass is 16.5. The zero-order valence-corrected chi connectivity index (χ0v) is 11.4. The molecule has 0 spiro atoms. The number of hydrogen-bond donors (Lipinski definition) is 1. The van der Waals surface area contributed by atoms with E-state index in [1.807, 2.05) is 19.9 Å². The van der Waals surface area contributed by atoms with Gasteiger partial charge in [0, 0.05) is 24.8 Å². The second-order valence-corrected chi connectivity index (χ2v) is 5.27. The van der Waals surface area contributed by atoms with Gasteiger partial charge in [-0.05, 0) is 32.2 Å². The van der Waals surface area contributed by atoms with Gasteiger partial charge in [0.05, 0.1) is 6.61 Å². The molecule has 2 heterocycles. The maximum absolute atomic E-state index is 5.82. The van der Waals surface area contributed by atoms with Crippen LogP contribution in [0.25, 0.3) is 0 Å². The largest absolute Gasteiger partial charge is 0.478 e. The minimum atomic E-state index is 0.179. The molecule has 2 N–H and O–H groups in total. The first-order valence-electron chi connectivity index (χ1n) is 6.50. The molecule has 1 atom stereocenters. The van der Waals surface area contributed by atoms with Crippen molar-refractivity contribution in [2.24, 2.45) is 11.1 Å². The smallest absolute Gasteiger partial charge is 0.228 e. The number of hydrogen-bond acceptors (Lipinski definition) is 5. The van der Waals surface area contributed by atoms with Crippen LogP contribution in [0, 0.1) is 12.3 Å². The minimum absolute atomic E-state index is 0.179. The number of nitrogens with two attached hydrogens (primary N) is 1. The summed E-state index contributed by atoms with van der Waals surface area (Å²) in [7, 11) is 0. The van der Waals surface area contributed by atoms with Crippen LogP contribution < -0.4 is 15.4 Å². The van der Waals surface area contributed by atoms with Crippen LogP contribution in [-0.4, -0.2) is 36.2 Å². The van der Waals surface area contributed by atoms with Crippen molar-refractivity contribution < 1.29 is 4.74 Å². The number of ether oxygens (including phenoxy) is 1. The molecule has 0 aliphatic carbocycles. The maximum atomic E-state index is 5.82. The Labute approximate surface area is 108 Å². The Morgan fingerprint density at radius 2 is 2.28 bits per heavy atom. The van der Waals surface area contributed by atoms with Crippen LogP contribution in [0.1, 0.15) is 26.0 Å². The third kappa shape index (κ3) is 2.72. The van der Waals surface area contributed by atoms with Crippen molar-refractivity contribution >= 4 is 5.95 Å². The Kier molecular flexibility index (Phi) is 3.71. The summed E-state index contributed by atoms with van der Waals surface area (Å²) in [6, 6.07) is 1.87. The molecular formula is C13H22N4O. The Balaban J connectivity index is 2.19. The van der Waals surface area contributed by atoms with E-state index in [0.29, 0.717) is 19.0 Å². The van der Waals surface area contributed by atoms with Gasteiger partial charge >= 0.3 is 0 Å². The van der Waals surface area contributed by atoms with Crippen molar-refractivity contribution in [3.8, 4) is 5.88 Å². The molecule has 1 aromatic rings. The summed E-state index contributed by atoms with van der Waals surface area (Å²) in [5.74, 6) is 1.41. The maximum Gasteiger partial charge on any atom is 0.228 e. The fourth-order valence-corrected chi connectivity index (χ4v) is 2.25. The molecule has 1 aliphatic heterocycles. The van der Waals surface area contributed by atoms with Gasteiger partial charge in [-0.2, -0.15) is 4.98 Å². The van der Waals surface area contributed by atoms with Crippen molar-refractivity contribution in [1.82, 2.24) is 9.97 Å². The lowest BCUT2D eigenvalue weighted by Gasteiger charge is -2.22. The van der Waals surface area contributed by atoms with E-state index in [2.05, 4.69) is 21.8 Å². The molecule has 0 saturated carbocycles. The highest BCUT2D eigenvalue weighted by molar-refractivity contribution is 5.36. The van der Waals surface area contributed by atoms with E-state index in [0.717, 1.165) is 31.2 Å². The quantitative estimate of drug-likeness (QED) is 0.874. The van der Waals surface area contributed by atoms with Crippen molar-refractivity contribution in [1.29, 1.82) is 0 Å². The second kappa shape index (κ2) is 5.10. The number of rotatable bonds is 4. The molecule has 1 saturated heterocycles. The predicted octanol–water partition coefficient (Wildman–Crippen LogP) is 1.36. The zero-order valence-electron chi connectivity index (χ0n) is 11.4. The van der Waals surface area contributed by atoms with Crippen LogP contribution in [0.2, 0.25) is 0 Å². The average molecular weight is 250 g/mol. The van der Waals surface area contributed by atoms with Crippen molar-refractivity contribution in [3.05, 3.63) is 11.8 Å². The van der Waals surface area contributed by atoms with Gasteiger partial charge in [-0.1, -0.05) is 6.92 Å². The minimum Gasteiger partial charge on any atom is -0.478 e. The molecule has 5 heteroatoms. The molecule has 0 aromatic carbocycles. The lowest BCUT2D eigenvalue weighted by molar-refractivity contribution is 0.325. The number of anilines is 1. The molecule has 1 aromatic heterocycles. The molecule has 0 radical (unpaired) electrons. The first-order valence-corrected chi connectivity index (χ1v) is 6.50. The van der Waals surface area contributed by atoms with Crippen molar-refractivity contribution in [2.75, 3.05) is 31.1 Å². The van der Waals surface area contributed by atoms with Gasteiger partial charge in [0.2, 0.25) is 11.8 Å². The third-order valence-electron chi connectivity index (χ3n) is 3.44. The summed E-state index contributed by atoms with van der Waals surface area (Å²) < 4.78 is 5.46. The molecule has 2 rings (SSSR count). The Bertz CT molecular complexity index is 423. The van der Waals surface area contributed by atoms with Gasteiger partial charge in [0.1, 0.15) is 0 Å². The molecule has 0 bridgehead atoms. The standard InChI is InChI=1S/C13H22N4O/c1-4-18-11-7-10(2)15-12(16-11)17-6-5-13(3,8-14)9-17/h7H,4-6,8-9,14H2,1-3H3. The van der Waals surface area contributed by atoms with Crippen molar-refractivity contribution in [2.45, 2.75) is 27.2 Å². The fourth-order valence-electron chi connectivity index (χ4n) is 2.25. The van der Waals surface area contributed by atoms with E-state index in [1.54, 1.807) is 0 Å². The van der Waals surface area contributed by atoms with Crippen LogP contribution in [0.5, 0.6) is 5.88 Å². The summed E-state index contributed by atoms with van der Waals surface area (Å²) in [4.78, 5) is 11.1. The Hall–Kier alpha value is -1.36. The SMILES string of the molecule is CCOc1cc(C)nc(N2CCC(C)(CN)C2)n1. The Morgan fingerprint density at radius 1 is 1.50 bits per heavy atom. The lowest BCUT2D eigenvalue weighted by atomic mass is 9.90. The van der Waals surface area contributed by atoms with Gasteiger partial charge in [0.25, 0.3) is 0 Å². The first kappa shape index (κ1) is 13.1. The molecule has 18 heavy (non-hydrogen) atoms. The highest BCUT2D eigenvalue weighted by Gasteiger charge is 2.33. The van der Waals surface area contributed by atoms with E-state index in [4.69, 9.17) is 10.5 Å². The first-order chi connectivity index (χ1) is 8.56. The van der Waals surface area contributed by atoms with E-state index in [9.17, 15) is 0 Å². The third-order valence-corrected chi connectivity index (χ3v) is 3.44. The van der Waals surface area contributed by atoms with Gasteiger partial charge in [0.15, 0.2) is 0 Å². The number of nitrogens with zero attached hydrogens (tertiary/aromatic N) is 3. The van der Waals surface area contributed by atoms with Crippen LogP contribution in [-0.2, 0) is 0 Å². The van der Waals surface area contributed by atoms with Gasteiger partial charge in [-0.3, -0.25) is 0 Å². The summed E-state index contributed by atoms with van der Waals surface area (Å²) in [6.07, 6.45) is 1.09. The van der Waals surface area contributed by atoms with Crippen LogP contribution in [0.3, 0.4) is 0 Å². The van der Waals surface area contributed by atoms with E-state index in [-0.39, 0.29) is 5.41 Å². The molecule has 1 aliphatic rings. The highest BCUT2D eigenvalue weighted by Crippen LogP contribution is 2.31. The second-order valence-electron chi connectivity index (χ2n) is 5.27. The Morgan fingerprint density at radius 3 is 2.89 bits per heavy atom. The number of aryl methyl sites for hydroxylation is 1. The summed E-state index contributed by atoms with van der Waals surface area (Å²) in [5, 5.41) is 0. The van der Waals surface area contributed by atoms with Gasteiger partial charge in [-0.25, -0.2) is 4.98 Å². The van der Waals surface area contributed by atoms with E-state index < -0.39 is 0 Å². The zero-order chi connectivity index (χ0) is 13.2. The van der Waals surface area contributed by atoms with E-state index >= 15 is 0 Å².